The lowest BCUT2D eigenvalue weighted by Gasteiger charge is -2.58. The molecule has 1 spiro atoms. The third-order valence-electron chi connectivity index (χ3n) is 5.63. The van der Waals surface area contributed by atoms with E-state index in [9.17, 15) is 0 Å². The van der Waals surface area contributed by atoms with Crippen LogP contribution in [0.3, 0.4) is 0 Å². The van der Waals surface area contributed by atoms with Crippen LogP contribution >= 0.6 is 0 Å². The van der Waals surface area contributed by atoms with Crippen molar-refractivity contribution in [2.45, 2.75) is 70.4 Å². The van der Waals surface area contributed by atoms with E-state index in [-0.39, 0.29) is 0 Å². The van der Waals surface area contributed by atoms with Crippen LogP contribution < -0.4 is 5.73 Å². The molecule has 2 heteroatoms. The molecule has 1 heterocycles. The molecule has 3 atom stereocenters. The van der Waals surface area contributed by atoms with Gasteiger partial charge in [0.05, 0.1) is 0 Å². The first-order valence-corrected chi connectivity index (χ1v) is 7.69. The van der Waals surface area contributed by atoms with Gasteiger partial charge in [-0.25, -0.2) is 0 Å². The number of hydrogen-bond donors (Lipinski definition) is 1. The molecule has 0 bridgehead atoms. The number of nitrogens with zero attached hydrogens (tertiary/aromatic N) is 1. The highest BCUT2D eigenvalue weighted by Crippen LogP contribution is 2.54. The van der Waals surface area contributed by atoms with Crippen molar-refractivity contribution in [1.82, 2.24) is 4.90 Å². The second-order valence-corrected chi connectivity index (χ2v) is 7.03. The highest BCUT2D eigenvalue weighted by atomic mass is 15.2. The van der Waals surface area contributed by atoms with Crippen LogP contribution in [0, 0.1) is 11.3 Å². The Morgan fingerprint density at radius 1 is 1.06 bits per heavy atom. The van der Waals surface area contributed by atoms with Crippen molar-refractivity contribution in [2.24, 2.45) is 17.1 Å². The highest BCUT2D eigenvalue weighted by Gasteiger charge is 2.50. The van der Waals surface area contributed by atoms with Crippen molar-refractivity contribution in [3.8, 4) is 0 Å². The monoisotopic (exact) mass is 236 g/mol. The lowest BCUT2D eigenvalue weighted by atomic mass is 9.56. The first-order valence-electron chi connectivity index (χ1n) is 7.69. The van der Waals surface area contributed by atoms with Crippen LogP contribution in [0.4, 0.5) is 0 Å². The average Bonchev–Trinajstić information content (AvgIpc) is 2.27. The number of rotatable bonds is 1. The van der Waals surface area contributed by atoms with Crippen LogP contribution in [0.2, 0.25) is 0 Å². The Bertz CT molecular complexity index is 260. The van der Waals surface area contributed by atoms with E-state index in [2.05, 4.69) is 11.8 Å². The maximum atomic E-state index is 6.21. The number of hydrogen-bond acceptors (Lipinski definition) is 2. The number of piperidine rings is 1. The molecule has 3 rings (SSSR count). The van der Waals surface area contributed by atoms with Gasteiger partial charge in [-0.3, -0.25) is 4.90 Å². The largest absolute Gasteiger partial charge is 0.327 e. The second-order valence-electron chi connectivity index (χ2n) is 7.03. The number of nitrogens with two attached hydrogens (primary N) is 1. The molecule has 98 valence electrons. The lowest BCUT2D eigenvalue weighted by molar-refractivity contribution is -0.0688. The minimum Gasteiger partial charge on any atom is -0.327 e. The summed E-state index contributed by atoms with van der Waals surface area (Å²) < 4.78 is 0. The van der Waals surface area contributed by atoms with Gasteiger partial charge in [-0.15, -0.1) is 0 Å². The Balaban J connectivity index is 1.67. The Labute approximate surface area is 106 Å². The molecule has 0 radical (unpaired) electrons. The summed E-state index contributed by atoms with van der Waals surface area (Å²) in [5.74, 6) is 0.806. The summed E-state index contributed by atoms with van der Waals surface area (Å²) >= 11 is 0. The molecular weight excluding hydrogens is 208 g/mol. The summed E-state index contributed by atoms with van der Waals surface area (Å²) in [5.41, 5.74) is 6.93. The fraction of sp³-hybridized carbons (Fsp3) is 1.00. The van der Waals surface area contributed by atoms with E-state index in [1.54, 1.807) is 0 Å². The molecule has 0 amide bonds. The van der Waals surface area contributed by atoms with E-state index in [0.717, 1.165) is 23.9 Å². The Hall–Kier alpha value is -0.0800. The van der Waals surface area contributed by atoms with Crippen molar-refractivity contribution in [3.63, 3.8) is 0 Å². The molecule has 2 N–H and O–H groups in total. The fourth-order valence-electron chi connectivity index (χ4n) is 4.79. The van der Waals surface area contributed by atoms with Crippen molar-refractivity contribution in [3.05, 3.63) is 0 Å². The van der Waals surface area contributed by atoms with E-state index >= 15 is 0 Å². The smallest absolute Gasteiger partial charge is 0.0170 e. The molecule has 2 aliphatic carbocycles. The molecule has 0 aromatic carbocycles. The Morgan fingerprint density at radius 3 is 2.41 bits per heavy atom. The number of likely N-dealkylation sites (tertiary alicyclic amines) is 1. The third kappa shape index (κ3) is 2.15. The minimum absolute atomic E-state index is 0.431. The van der Waals surface area contributed by atoms with E-state index in [0.29, 0.717) is 6.04 Å². The van der Waals surface area contributed by atoms with Crippen LogP contribution in [-0.2, 0) is 0 Å². The third-order valence-corrected chi connectivity index (χ3v) is 5.63. The normalized spacial score (nSPS) is 42.4. The molecule has 2 saturated carbocycles. The molecule has 1 saturated heterocycles. The van der Waals surface area contributed by atoms with Gasteiger partial charge in [-0.05, 0) is 43.4 Å². The molecule has 1 aliphatic heterocycles. The molecule has 3 aliphatic rings. The molecule has 2 nitrogen and oxygen atoms in total. The van der Waals surface area contributed by atoms with Crippen LogP contribution in [0.25, 0.3) is 0 Å². The maximum Gasteiger partial charge on any atom is 0.0170 e. The van der Waals surface area contributed by atoms with Gasteiger partial charge in [0.2, 0.25) is 0 Å². The molecule has 0 aromatic rings. The van der Waals surface area contributed by atoms with Gasteiger partial charge >= 0.3 is 0 Å². The van der Waals surface area contributed by atoms with Gasteiger partial charge in [0.1, 0.15) is 0 Å². The molecular formula is C15H28N2. The van der Waals surface area contributed by atoms with Crippen LogP contribution in [0.15, 0.2) is 0 Å². The first-order chi connectivity index (χ1) is 8.20. The highest BCUT2D eigenvalue weighted by molar-refractivity contribution is 5.04. The van der Waals surface area contributed by atoms with E-state index < -0.39 is 0 Å². The molecule has 3 unspecified atom stereocenters. The van der Waals surface area contributed by atoms with E-state index in [1.165, 1.54) is 57.9 Å². The zero-order chi connectivity index (χ0) is 11.9. The van der Waals surface area contributed by atoms with Crippen LogP contribution in [0.5, 0.6) is 0 Å². The first kappa shape index (κ1) is 12.0. The fourth-order valence-corrected chi connectivity index (χ4v) is 4.79. The zero-order valence-electron chi connectivity index (χ0n) is 11.3. The summed E-state index contributed by atoms with van der Waals surface area (Å²) in [6.07, 6.45) is 11.6. The summed E-state index contributed by atoms with van der Waals surface area (Å²) in [7, 11) is 0. The molecule has 3 fully saturated rings. The van der Waals surface area contributed by atoms with Gasteiger partial charge in [0.25, 0.3) is 0 Å². The predicted molar refractivity (Wildman–Crippen MR) is 71.9 cm³/mol. The van der Waals surface area contributed by atoms with Crippen molar-refractivity contribution in [2.75, 3.05) is 13.1 Å². The Morgan fingerprint density at radius 2 is 1.82 bits per heavy atom. The lowest BCUT2D eigenvalue weighted by Crippen LogP contribution is -2.61. The van der Waals surface area contributed by atoms with Crippen LogP contribution in [0.1, 0.15) is 58.3 Å². The van der Waals surface area contributed by atoms with E-state index in [1.807, 2.05) is 0 Å². The summed E-state index contributed by atoms with van der Waals surface area (Å²) in [4.78, 5) is 2.76. The predicted octanol–water partition coefficient (Wildman–Crippen LogP) is 2.77. The standard InChI is InChI=1S/C15H28N2/c1-12-9-13(16)11-17(10-12)14-5-8-15(14)6-3-2-4-7-15/h12-14H,2-11,16H2,1H3. The second kappa shape index (κ2) is 4.55. The van der Waals surface area contributed by atoms with Crippen molar-refractivity contribution in [1.29, 1.82) is 0 Å². The van der Waals surface area contributed by atoms with Gasteiger partial charge in [-0.1, -0.05) is 26.2 Å². The molecule has 0 aromatic heterocycles. The van der Waals surface area contributed by atoms with Gasteiger partial charge < -0.3 is 5.73 Å². The van der Waals surface area contributed by atoms with E-state index in [4.69, 9.17) is 5.73 Å². The summed E-state index contributed by atoms with van der Waals surface area (Å²) in [6.45, 7) is 4.84. The van der Waals surface area contributed by atoms with Crippen molar-refractivity contribution >= 4 is 0 Å². The van der Waals surface area contributed by atoms with Crippen LogP contribution in [-0.4, -0.2) is 30.1 Å². The summed E-state index contributed by atoms with van der Waals surface area (Å²) in [6, 6.07) is 1.32. The van der Waals surface area contributed by atoms with Gasteiger partial charge in [-0.2, -0.15) is 0 Å². The minimum atomic E-state index is 0.431. The average molecular weight is 236 g/mol. The topological polar surface area (TPSA) is 29.3 Å². The quantitative estimate of drug-likeness (QED) is 0.758. The summed E-state index contributed by atoms with van der Waals surface area (Å²) in [5, 5.41) is 0. The Kier molecular flexibility index (Phi) is 3.20. The van der Waals surface area contributed by atoms with Gasteiger partial charge in [0.15, 0.2) is 0 Å². The van der Waals surface area contributed by atoms with Gasteiger partial charge in [0, 0.05) is 25.2 Å². The SMILES string of the molecule is CC1CC(N)CN(C2CCC23CCCCC3)C1. The maximum absolute atomic E-state index is 6.21. The zero-order valence-corrected chi connectivity index (χ0v) is 11.3. The van der Waals surface area contributed by atoms with Crippen molar-refractivity contribution < 1.29 is 0 Å². The molecule has 17 heavy (non-hydrogen) atoms.